The van der Waals surface area contributed by atoms with Crippen LogP contribution in [0.4, 0.5) is 0 Å². The number of likely N-dealkylation sites (tertiary alicyclic amines) is 1. The molecule has 1 atom stereocenters. The molecule has 0 aliphatic carbocycles. The monoisotopic (exact) mass is 391 g/mol. The second-order valence-corrected chi connectivity index (χ2v) is 9.08. The van der Waals surface area contributed by atoms with Gasteiger partial charge in [0.1, 0.15) is 0 Å². The van der Waals surface area contributed by atoms with Crippen LogP contribution in [0.25, 0.3) is 0 Å². The fourth-order valence-corrected chi connectivity index (χ4v) is 4.83. The van der Waals surface area contributed by atoms with Crippen molar-refractivity contribution in [1.29, 1.82) is 0 Å². The van der Waals surface area contributed by atoms with E-state index in [9.17, 15) is 13.2 Å². The molecule has 1 aliphatic heterocycles. The summed E-state index contributed by atoms with van der Waals surface area (Å²) in [6, 6.07) is 12.1. The summed E-state index contributed by atoms with van der Waals surface area (Å²) in [7, 11) is -3.44. The van der Waals surface area contributed by atoms with Gasteiger partial charge in [0.05, 0.1) is 36.5 Å². The van der Waals surface area contributed by atoms with E-state index >= 15 is 0 Å². The lowest BCUT2D eigenvalue weighted by Gasteiger charge is -2.30. The van der Waals surface area contributed by atoms with E-state index in [0.717, 1.165) is 18.8 Å². The summed E-state index contributed by atoms with van der Waals surface area (Å²) in [6.07, 6.45) is 5.21. The number of hydrogen-bond donors (Lipinski definition) is 2. The molecule has 0 saturated carbocycles. The molecule has 27 heavy (non-hydrogen) atoms. The first kappa shape index (κ1) is 19.6. The van der Waals surface area contributed by atoms with Crippen molar-refractivity contribution in [2.24, 2.45) is 0 Å². The summed E-state index contributed by atoms with van der Waals surface area (Å²) < 4.78 is 30.2. The summed E-state index contributed by atoms with van der Waals surface area (Å²) >= 11 is 0. The molecular weight excluding hydrogens is 364 g/mol. The van der Waals surface area contributed by atoms with E-state index in [1.807, 2.05) is 12.1 Å². The van der Waals surface area contributed by atoms with Gasteiger partial charge in [0.2, 0.25) is 5.91 Å². The highest BCUT2D eigenvalue weighted by Gasteiger charge is 2.28. The third kappa shape index (κ3) is 5.43. The van der Waals surface area contributed by atoms with Crippen LogP contribution in [-0.2, 0) is 14.6 Å². The molecule has 6 nitrogen and oxygen atoms in total. The first-order chi connectivity index (χ1) is 13.1. The highest BCUT2D eigenvalue weighted by Crippen LogP contribution is 2.13. The lowest BCUT2D eigenvalue weighted by atomic mass is 10.1. The Kier molecular flexibility index (Phi) is 6.68. The van der Waals surface area contributed by atoms with Gasteiger partial charge in [0.15, 0.2) is 21.6 Å². The minimum atomic E-state index is -3.44. The number of nitrogens with one attached hydrogen (secondary N) is 2. The zero-order valence-electron chi connectivity index (χ0n) is 15.4. The van der Waals surface area contributed by atoms with Gasteiger partial charge in [-0.1, -0.05) is 18.2 Å². The molecule has 1 amide bonds. The maximum Gasteiger partial charge on any atom is 0.221 e. The van der Waals surface area contributed by atoms with Crippen LogP contribution in [0.2, 0.25) is 0 Å². The van der Waals surface area contributed by atoms with Gasteiger partial charge in [0.25, 0.3) is 0 Å². The predicted molar refractivity (Wildman–Crippen MR) is 102 cm³/mol. The first-order valence-corrected chi connectivity index (χ1v) is 11.1. The number of piperidine rings is 1. The van der Waals surface area contributed by atoms with E-state index < -0.39 is 9.84 Å². The van der Waals surface area contributed by atoms with Crippen molar-refractivity contribution in [2.45, 2.75) is 36.6 Å². The second-order valence-electron chi connectivity index (χ2n) is 6.97. The fraction of sp³-hybridized carbons (Fsp3) is 0.450. The van der Waals surface area contributed by atoms with Crippen molar-refractivity contribution in [3.63, 3.8) is 0 Å². The molecule has 0 unspecified atom stereocenters. The molecule has 1 aromatic heterocycles. The maximum absolute atomic E-state index is 12.3. The van der Waals surface area contributed by atoms with Gasteiger partial charge in [-0.15, -0.1) is 0 Å². The summed E-state index contributed by atoms with van der Waals surface area (Å²) in [6.45, 7) is 2.57. The van der Waals surface area contributed by atoms with Gasteiger partial charge in [-0.25, -0.2) is 8.42 Å². The quantitative estimate of drug-likeness (QED) is 0.712. The summed E-state index contributed by atoms with van der Waals surface area (Å²) in [5, 5.41) is 2.91. The topological polar surface area (TPSA) is 80.8 Å². The van der Waals surface area contributed by atoms with Crippen molar-refractivity contribution in [2.75, 3.05) is 25.4 Å². The molecule has 146 valence electrons. The van der Waals surface area contributed by atoms with E-state index in [1.165, 1.54) is 24.2 Å². The van der Waals surface area contributed by atoms with Gasteiger partial charge in [-0.3, -0.25) is 4.79 Å². The summed E-state index contributed by atoms with van der Waals surface area (Å²) in [5.41, 5.74) is 0. The predicted octanol–water partition coefficient (Wildman–Crippen LogP) is 1.37. The van der Waals surface area contributed by atoms with Crippen LogP contribution in [0.15, 0.2) is 58.0 Å². The molecule has 2 heterocycles. The molecule has 1 aromatic carbocycles. The van der Waals surface area contributed by atoms with Crippen LogP contribution in [0.1, 0.15) is 37.5 Å². The standard InChI is InChI=1S/C20H26N2O4S/c23-20(11-15-27(24,25)17-8-3-1-4-9-17)21-16-18(19-10-7-14-26-19)22-12-5-2-6-13-22/h1,3-4,7-10,14,18H,2,5-6,11-13,15-16H2,(H,21,23)/p+1/t18-/m1/s1. The Balaban J connectivity index is 1.55. The maximum atomic E-state index is 12.3. The van der Waals surface area contributed by atoms with E-state index in [2.05, 4.69) is 5.32 Å². The van der Waals surface area contributed by atoms with E-state index in [-0.39, 0.29) is 29.0 Å². The molecule has 1 saturated heterocycles. The van der Waals surface area contributed by atoms with Crippen molar-refractivity contribution in [1.82, 2.24) is 5.32 Å². The van der Waals surface area contributed by atoms with Crippen molar-refractivity contribution in [3.8, 4) is 0 Å². The van der Waals surface area contributed by atoms with Gasteiger partial charge in [0, 0.05) is 6.42 Å². The number of sulfone groups is 1. The highest BCUT2D eigenvalue weighted by molar-refractivity contribution is 7.91. The minimum absolute atomic E-state index is 0.0442. The Hall–Kier alpha value is -2.12. The van der Waals surface area contributed by atoms with Crippen LogP contribution in [-0.4, -0.2) is 39.7 Å². The van der Waals surface area contributed by atoms with E-state index in [1.54, 1.807) is 36.6 Å². The highest BCUT2D eigenvalue weighted by atomic mass is 32.2. The number of hydrogen-bond acceptors (Lipinski definition) is 4. The lowest BCUT2D eigenvalue weighted by molar-refractivity contribution is -0.936. The third-order valence-electron chi connectivity index (χ3n) is 5.08. The number of amides is 1. The Morgan fingerprint density at radius 3 is 2.48 bits per heavy atom. The Labute approximate surface area is 160 Å². The molecule has 2 aromatic rings. The molecule has 0 spiro atoms. The molecule has 1 aliphatic rings. The van der Waals surface area contributed by atoms with Crippen LogP contribution in [0.3, 0.4) is 0 Å². The Bertz CT molecular complexity index is 813. The number of carbonyl (C=O) groups excluding carboxylic acids is 1. The average Bonchev–Trinajstić information content (AvgIpc) is 3.23. The van der Waals surface area contributed by atoms with Crippen molar-refractivity contribution >= 4 is 15.7 Å². The molecule has 3 rings (SSSR count). The van der Waals surface area contributed by atoms with Gasteiger partial charge in [-0.2, -0.15) is 0 Å². The minimum Gasteiger partial charge on any atom is -0.463 e. The van der Waals surface area contributed by atoms with Gasteiger partial charge >= 0.3 is 0 Å². The number of rotatable bonds is 8. The number of furan rings is 1. The van der Waals surface area contributed by atoms with Crippen LogP contribution < -0.4 is 10.2 Å². The van der Waals surface area contributed by atoms with E-state index in [0.29, 0.717) is 6.54 Å². The molecule has 2 N–H and O–H groups in total. The normalized spacial score (nSPS) is 16.7. The average molecular weight is 392 g/mol. The Morgan fingerprint density at radius 2 is 1.81 bits per heavy atom. The summed E-state index contributed by atoms with van der Waals surface area (Å²) in [4.78, 5) is 13.9. The number of carbonyl (C=O) groups is 1. The van der Waals surface area contributed by atoms with Crippen LogP contribution in [0.5, 0.6) is 0 Å². The van der Waals surface area contributed by atoms with Gasteiger partial charge in [-0.05, 0) is 43.5 Å². The SMILES string of the molecule is O=C(CCS(=O)(=O)c1ccccc1)NC[C@H](c1ccco1)[NH+]1CCCCC1. The summed E-state index contributed by atoms with van der Waals surface area (Å²) in [5.74, 6) is 0.428. The zero-order chi connectivity index (χ0) is 19.1. The van der Waals surface area contributed by atoms with Gasteiger partial charge < -0.3 is 14.6 Å². The molecular formula is C20H27N2O4S+. The molecule has 0 radical (unpaired) electrons. The largest absolute Gasteiger partial charge is 0.463 e. The molecule has 0 bridgehead atoms. The van der Waals surface area contributed by atoms with Crippen molar-refractivity contribution < 1.29 is 22.5 Å². The van der Waals surface area contributed by atoms with Crippen LogP contribution in [0, 0.1) is 0 Å². The van der Waals surface area contributed by atoms with Crippen LogP contribution >= 0.6 is 0 Å². The third-order valence-corrected chi connectivity index (χ3v) is 6.81. The second kappa shape index (κ2) is 9.19. The number of benzene rings is 1. The molecule has 1 fully saturated rings. The smallest absolute Gasteiger partial charge is 0.221 e. The molecule has 7 heteroatoms. The Morgan fingerprint density at radius 1 is 1.07 bits per heavy atom. The van der Waals surface area contributed by atoms with Crippen molar-refractivity contribution in [3.05, 3.63) is 54.5 Å². The zero-order valence-corrected chi connectivity index (χ0v) is 16.2. The number of quaternary nitrogens is 1. The van der Waals surface area contributed by atoms with E-state index in [4.69, 9.17) is 4.42 Å². The first-order valence-electron chi connectivity index (χ1n) is 9.49. The lowest BCUT2D eigenvalue weighted by Crippen LogP contribution is -3.13. The fourth-order valence-electron chi connectivity index (χ4n) is 3.57.